The molecule has 4 aromatic carbocycles. The summed E-state index contributed by atoms with van der Waals surface area (Å²) in [6.07, 6.45) is -1.46. The highest BCUT2D eigenvalue weighted by Gasteiger charge is 2.28. The second-order valence-corrected chi connectivity index (χ2v) is 11.6. The van der Waals surface area contributed by atoms with Gasteiger partial charge in [0.25, 0.3) is 5.91 Å². The number of carboxylic acid groups (broad SMARTS) is 1. The van der Waals surface area contributed by atoms with Crippen LogP contribution in [0.1, 0.15) is 48.4 Å². The molecule has 1 heterocycles. The molecule has 1 aliphatic heterocycles. The summed E-state index contributed by atoms with van der Waals surface area (Å²) in [5, 5.41) is 18.8. The van der Waals surface area contributed by atoms with Crippen molar-refractivity contribution < 1.29 is 29.0 Å². The normalized spacial score (nSPS) is 15.0. The number of rotatable bonds is 6. The van der Waals surface area contributed by atoms with E-state index in [2.05, 4.69) is 16.0 Å². The number of nitrogens with one attached hydrogen (secondary N) is 3. The van der Waals surface area contributed by atoms with Crippen LogP contribution in [0.15, 0.2) is 78.9 Å². The first kappa shape index (κ1) is 30.4. The fourth-order valence-corrected chi connectivity index (χ4v) is 5.33. The van der Waals surface area contributed by atoms with Crippen molar-refractivity contribution >= 4 is 45.9 Å². The van der Waals surface area contributed by atoms with Crippen LogP contribution in [0.5, 0.6) is 5.75 Å². The zero-order valence-electron chi connectivity index (χ0n) is 25.1. The van der Waals surface area contributed by atoms with Crippen LogP contribution in [0.25, 0.3) is 10.8 Å². The molecule has 0 spiro atoms. The molecule has 1 fully saturated rings. The van der Waals surface area contributed by atoms with Gasteiger partial charge in [0.2, 0.25) is 0 Å². The second kappa shape index (κ2) is 12.6. The molecule has 0 aliphatic carbocycles. The average molecular weight is 597 g/mol. The lowest BCUT2D eigenvalue weighted by Gasteiger charge is -2.33. The summed E-state index contributed by atoms with van der Waals surface area (Å²) in [5.41, 5.74) is 3.04. The van der Waals surface area contributed by atoms with Crippen molar-refractivity contribution in [2.45, 2.75) is 32.3 Å². The predicted octanol–water partition coefficient (Wildman–Crippen LogP) is 7.09. The van der Waals surface area contributed by atoms with Crippen LogP contribution in [-0.4, -0.2) is 54.8 Å². The Morgan fingerprint density at radius 2 is 1.50 bits per heavy atom. The van der Waals surface area contributed by atoms with Gasteiger partial charge in [-0.2, -0.15) is 0 Å². The van der Waals surface area contributed by atoms with Crippen LogP contribution in [-0.2, 0) is 10.2 Å². The Kier molecular flexibility index (Phi) is 8.73. The topological polar surface area (TPSA) is 129 Å². The van der Waals surface area contributed by atoms with Crippen molar-refractivity contribution in [1.29, 1.82) is 0 Å². The van der Waals surface area contributed by atoms with E-state index < -0.39 is 12.1 Å². The molecule has 0 radical (unpaired) electrons. The number of carbonyl (C=O) groups excluding carboxylic acids is 2. The van der Waals surface area contributed by atoms with Crippen molar-refractivity contribution in [3.8, 4) is 5.75 Å². The van der Waals surface area contributed by atoms with E-state index in [0.717, 1.165) is 11.1 Å². The molecular formula is C34H36N4O6. The Balaban J connectivity index is 1.40. The zero-order chi connectivity index (χ0) is 31.4. The van der Waals surface area contributed by atoms with Crippen LogP contribution >= 0.6 is 0 Å². The lowest BCUT2D eigenvalue weighted by Crippen LogP contribution is -2.42. The highest BCUT2D eigenvalue weighted by Crippen LogP contribution is 2.39. The molecule has 44 heavy (non-hydrogen) atoms. The molecule has 5 rings (SSSR count). The molecule has 1 saturated heterocycles. The van der Waals surface area contributed by atoms with Gasteiger partial charge in [0, 0.05) is 17.5 Å². The SMILES string of the molecule is COc1c(NC(=O)O)cc(C(C)(C)C)cc1NC(=O)Nc1ccc(C(=O)N2CCOC(c3ccccc3)C2)c2ccccc12. The van der Waals surface area contributed by atoms with E-state index in [9.17, 15) is 19.5 Å². The Morgan fingerprint density at radius 3 is 2.16 bits per heavy atom. The van der Waals surface area contributed by atoms with Crippen LogP contribution in [0.4, 0.5) is 26.7 Å². The first-order valence-electron chi connectivity index (χ1n) is 14.3. The number of anilines is 3. The van der Waals surface area contributed by atoms with Gasteiger partial charge in [-0.05, 0) is 46.2 Å². The van der Waals surface area contributed by atoms with Crippen LogP contribution in [0.3, 0.4) is 0 Å². The number of nitrogens with zero attached hydrogens (tertiary/aromatic N) is 1. The van der Waals surface area contributed by atoms with Gasteiger partial charge in [0.15, 0.2) is 5.75 Å². The van der Waals surface area contributed by atoms with Crippen LogP contribution in [0.2, 0.25) is 0 Å². The Hall–Kier alpha value is -5.09. The summed E-state index contributed by atoms with van der Waals surface area (Å²) < 4.78 is 11.4. The molecule has 4 N–H and O–H groups in total. The van der Waals surface area contributed by atoms with Gasteiger partial charge in [-0.25, -0.2) is 9.59 Å². The van der Waals surface area contributed by atoms with Gasteiger partial charge < -0.3 is 30.1 Å². The number of carbonyl (C=O) groups is 3. The number of amides is 4. The molecule has 4 amide bonds. The largest absolute Gasteiger partial charge is 0.492 e. The number of hydrogen-bond acceptors (Lipinski definition) is 5. The number of methoxy groups -OCH3 is 1. The number of benzene rings is 4. The van der Waals surface area contributed by atoms with E-state index in [1.807, 2.05) is 75.4 Å². The number of ether oxygens (including phenoxy) is 2. The second-order valence-electron chi connectivity index (χ2n) is 11.6. The molecule has 1 aliphatic rings. The number of hydrogen-bond donors (Lipinski definition) is 4. The molecule has 10 heteroatoms. The van der Waals surface area contributed by atoms with Crippen molar-refractivity contribution in [2.24, 2.45) is 0 Å². The minimum absolute atomic E-state index is 0.108. The third kappa shape index (κ3) is 6.60. The average Bonchev–Trinajstić information content (AvgIpc) is 3.00. The van der Waals surface area contributed by atoms with E-state index in [-0.39, 0.29) is 28.9 Å². The smallest absolute Gasteiger partial charge is 0.409 e. The third-order valence-corrected chi connectivity index (χ3v) is 7.58. The fourth-order valence-electron chi connectivity index (χ4n) is 5.33. The Bertz CT molecular complexity index is 1700. The van der Waals surface area contributed by atoms with Crippen molar-refractivity contribution in [2.75, 3.05) is 42.8 Å². The van der Waals surface area contributed by atoms with Gasteiger partial charge in [0.05, 0.1) is 37.3 Å². The maximum Gasteiger partial charge on any atom is 0.409 e. The summed E-state index contributed by atoms with van der Waals surface area (Å²) in [5.74, 6) is 0.0734. The minimum atomic E-state index is -1.25. The molecule has 10 nitrogen and oxygen atoms in total. The molecule has 0 bridgehead atoms. The number of fused-ring (bicyclic) bond motifs is 1. The molecule has 0 saturated carbocycles. The van der Waals surface area contributed by atoms with E-state index in [1.165, 1.54) is 7.11 Å². The standard InChI is InChI=1S/C34H36N4O6/c1-34(2,3)22-18-27(30(43-4)28(19-22)37-33(41)42)36-32(40)35-26-15-14-25(23-12-8-9-13-24(23)26)31(39)38-16-17-44-29(20-38)21-10-6-5-7-11-21/h5-15,18-19,29,37H,16-17,20H2,1-4H3,(H,41,42)(H2,35,36,40). The van der Waals surface area contributed by atoms with Gasteiger partial charge in [-0.1, -0.05) is 75.4 Å². The lowest BCUT2D eigenvalue weighted by atomic mass is 9.86. The van der Waals surface area contributed by atoms with Gasteiger partial charge >= 0.3 is 12.1 Å². The highest BCUT2D eigenvalue weighted by molar-refractivity contribution is 6.13. The maximum atomic E-state index is 13.8. The molecule has 0 aromatic heterocycles. The van der Waals surface area contributed by atoms with Gasteiger partial charge in [-0.3, -0.25) is 10.1 Å². The summed E-state index contributed by atoms with van der Waals surface area (Å²) in [7, 11) is 1.40. The monoisotopic (exact) mass is 596 g/mol. The molecule has 1 atom stereocenters. The van der Waals surface area contributed by atoms with E-state index in [0.29, 0.717) is 47.4 Å². The summed E-state index contributed by atoms with van der Waals surface area (Å²) in [6, 6.07) is 23.6. The predicted molar refractivity (Wildman–Crippen MR) is 171 cm³/mol. The van der Waals surface area contributed by atoms with Crippen molar-refractivity contribution in [1.82, 2.24) is 4.90 Å². The summed E-state index contributed by atoms with van der Waals surface area (Å²) in [6.45, 7) is 7.30. The lowest BCUT2D eigenvalue weighted by molar-refractivity contribution is -0.0227. The van der Waals surface area contributed by atoms with Crippen LogP contribution < -0.4 is 20.7 Å². The van der Waals surface area contributed by atoms with E-state index >= 15 is 0 Å². The first-order valence-corrected chi connectivity index (χ1v) is 14.3. The Morgan fingerprint density at radius 1 is 0.864 bits per heavy atom. The third-order valence-electron chi connectivity index (χ3n) is 7.58. The van der Waals surface area contributed by atoms with Crippen LogP contribution in [0, 0.1) is 0 Å². The quantitative estimate of drug-likeness (QED) is 0.188. The van der Waals surface area contributed by atoms with E-state index in [1.54, 1.807) is 29.2 Å². The number of urea groups is 1. The fraction of sp³-hybridized carbons (Fsp3) is 0.265. The van der Waals surface area contributed by atoms with E-state index in [4.69, 9.17) is 9.47 Å². The zero-order valence-corrected chi connectivity index (χ0v) is 25.1. The molecule has 4 aromatic rings. The first-order chi connectivity index (χ1) is 21.0. The Labute approximate surface area is 256 Å². The highest BCUT2D eigenvalue weighted by atomic mass is 16.5. The maximum absolute atomic E-state index is 13.8. The van der Waals surface area contributed by atoms with Crippen molar-refractivity contribution in [3.63, 3.8) is 0 Å². The number of morpholine rings is 1. The summed E-state index contributed by atoms with van der Waals surface area (Å²) >= 11 is 0. The molecular weight excluding hydrogens is 560 g/mol. The van der Waals surface area contributed by atoms with Gasteiger partial charge in [-0.15, -0.1) is 0 Å². The van der Waals surface area contributed by atoms with Crippen molar-refractivity contribution in [3.05, 3.63) is 95.6 Å². The van der Waals surface area contributed by atoms with Gasteiger partial charge in [0.1, 0.15) is 6.10 Å². The molecule has 228 valence electrons. The minimum Gasteiger partial charge on any atom is -0.492 e. The molecule has 1 unspecified atom stereocenters. The summed E-state index contributed by atoms with van der Waals surface area (Å²) in [4.78, 5) is 40.3.